The summed E-state index contributed by atoms with van der Waals surface area (Å²) in [5, 5.41) is 0.440. The van der Waals surface area contributed by atoms with Crippen LogP contribution in [-0.2, 0) is 0 Å². The van der Waals surface area contributed by atoms with Crippen LogP contribution in [0.15, 0.2) is 6.07 Å². The Morgan fingerprint density at radius 1 is 1.17 bits per heavy atom. The molecule has 2 heterocycles. The van der Waals surface area contributed by atoms with Gasteiger partial charge in [-0.25, -0.2) is 4.98 Å². The Labute approximate surface area is 113 Å². The van der Waals surface area contributed by atoms with E-state index < -0.39 is 0 Å². The van der Waals surface area contributed by atoms with Crippen LogP contribution >= 0.6 is 11.6 Å². The van der Waals surface area contributed by atoms with Gasteiger partial charge in [0.25, 0.3) is 0 Å². The molecule has 0 bridgehead atoms. The van der Waals surface area contributed by atoms with E-state index in [9.17, 15) is 0 Å². The highest BCUT2D eigenvalue weighted by molar-refractivity contribution is 6.29. The van der Waals surface area contributed by atoms with E-state index in [0.29, 0.717) is 11.2 Å². The topological polar surface area (TPSA) is 55.0 Å². The molecule has 4 nitrogen and oxygen atoms in total. The van der Waals surface area contributed by atoms with Crippen molar-refractivity contribution in [1.29, 1.82) is 0 Å². The normalized spacial score (nSPS) is 27.9. The summed E-state index contributed by atoms with van der Waals surface area (Å²) in [6.07, 6.45) is 7.92. The minimum atomic E-state index is 0.274. The van der Waals surface area contributed by atoms with Gasteiger partial charge in [-0.1, -0.05) is 24.4 Å². The second-order valence-corrected chi connectivity index (χ2v) is 5.74. The molecular weight excluding hydrogens is 248 g/mol. The summed E-state index contributed by atoms with van der Waals surface area (Å²) in [7, 11) is 0. The number of nitrogen functional groups attached to an aromatic ring is 1. The van der Waals surface area contributed by atoms with E-state index in [2.05, 4.69) is 14.9 Å². The third kappa shape index (κ3) is 2.26. The predicted molar refractivity (Wildman–Crippen MR) is 73.8 cm³/mol. The smallest absolute Gasteiger partial charge is 0.223 e. The van der Waals surface area contributed by atoms with Crippen molar-refractivity contribution in [2.75, 3.05) is 17.2 Å². The molecule has 2 aliphatic rings. The molecule has 98 valence electrons. The van der Waals surface area contributed by atoms with Crippen LogP contribution in [-0.4, -0.2) is 22.6 Å². The Morgan fingerprint density at radius 2 is 1.94 bits per heavy atom. The third-order valence-corrected chi connectivity index (χ3v) is 4.43. The van der Waals surface area contributed by atoms with Gasteiger partial charge in [-0.05, 0) is 31.6 Å². The van der Waals surface area contributed by atoms with E-state index in [-0.39, 0.29) is 5.95 Å². The fraction of sp³-hybridized carbons (Fsp3) is 0.692. The van der Waals surface area contributed by atoms with Gasteiger partial charge in [-0.15, -0.1) is 0 Å². The maximum Gasteiger partial charge on any atom is 0.223 e. The lowest BCUT2D eigenvalue weighted by Crippen LogP contribution is -2.47. The molecule has 0 aromatic carbocycles. The Balaban J connectivity index is 1.89. The largest absolute Gasteiger partial charge is 0.368 e. The molecule has 1 saturated carbocycles. The predicted octanol–water partition coefficient (Wildman–Crippen LogP) is 2.87. The number of halogens is 1. The van der Waals surface area contributed by atoms with Crippen molar-refractivity contribution in [2.45, 2.75) is 44.6 Å². The summed E-state index contributed by atoms with van der Waals surface area (Å²) in [6.45, 7) is 1.06. The number of hydrogen-bond acceptors (Lipinski definition) is 4. The van der Waals surface area contributed by atoms with E-state index in [1.807, 2.05) is 6.07 Å². The number of nitrogens with zero attached hydrogens (tertiary/aromatic N) is 3. The molecule has 2 fully saturated rings. The molecular formula is C13H19ClN4. The van der Waals surface area contributed by atoms with Gasteiger partial charge < -0.3 is 10.6 Å². The quantitative estimate of drug-likeness (QED) is 0.794. The molecule has 0 amide bonds. The molecule has 18 heavy (non-hydrogen) atoms. The number of anilines is 2. The molecule has 3 rings (SSSR count). The highest BCUT2D eigenvalue weighted by atomic mass is 35.5. The fourth-order valence-corrected chi connectivity index (χ4v) is 3.66. The summed E-state index contributed by atoms with van der Waals surface area (Å²) in [5.74, 6) is 2.00. The van der Waals surface area contributed by atoms with E-state index in [1.165, 1.54) is 38.5 Å². The van der Waals surface area contributed by atoms with Crippen molar-refractivity contribution in [1.82, 2.24) is 9.97 Å². The second kappa shape index (κ2) is 4.92. The number of piperidine rings is 1. The summed E-state index contributed by atoms with van der Waals surface area (Å²) < 4.78 is 0. The van der Waals surface area contributed by atoms with Crippen molar-refractivity contribution >= 4 is 23.4 Å². The fourth-order valence-electron chi connectivity index (χ4n) is 3.48. The van der Waals surface area contributed by atoms with Crippen molar-refractivity contribution in [3.05, 3.63) is 11.2 Å². The standard InChI is InChI=1S/C13H19ClN4/c14-11-8-12(17-13(15)16-11)18-7-3-5-9-4-1-2-6-10(9)18/h8-10H,1-7H2,(H2,15,16,17). The molecule has 1 saturated heterocycles. The Hall–Kier alpha value is -1.03. The first-order valence-electron chi connectivity index (χ1n) is 6.81. The molecule has 1 aliphatic carbocycles. The number of aromatic nitrogens is 2. The minimum absolute atomic E-state index is 0.274. The number of nitrogens with two attached hydrogens (primary N) is 1. The molecule has 0 spiro atoms. The lowest BCUT2D eigenvalue weighted by atomic mass is 9.78. The number of rotatable bonds is 1. The minimum Gasteiger partial charge on any atom is -0.368 e. The van der Waals surface area contributed by atoms with Crippen LogP contribution in [0.5, 0.6) is 0 Å². The zero-order valence-electron chi connectivity index (χ0n) is 10.5. The van der Waals surface area contributed by atoms with Crippen molar-refractivity contribution in [3.63, 3.8) is 0 Å². The van der Waals surface area contributed by atoms with Gasteiger partial charge in [0.2, 0.25) is 5.95 Å². The van der Waals surface area contributed by atoms with E-state index >= 15 is 0 Å². The Morgan fingerprint density at radius 3 is 2.78 bits per heavy atom. The molecule has 1 aliphatic heterocycles. The van der Waals surface area contributed by atoms with Crippen LogP contribution in [0.4, 0.5) is 11.8 Å². The SMILES string of the molecule is Nc1nc(Cl)cc(N2CCCC3CCCCC32)n1. The number of fused-ring (bicyclic) bond motifs is 1. The van der Waals surface area contributed by atoms with Crippen LogP contribution in [0.3, 0.4) is 0 Å². The zero-order chi connectivity index (χ0) is 12.5. The summed E-state index contributed by atoms with van der Waals surface area (Å²) in [4.78, 5) is 10.7. The van der Waals surface area contributed by atoms with Gasteiger partial charge in [0, 0.05) is 18.7 Å². The maximum absolute atomic E-state index is 5.99. The molecule has 1 aromatic rings. The molecule has 0 radical (unpaired) electrons. The van der Waals surface area contributed by atoms with Crippen molar-refractivity contribution in [2.24, 2.45) is 5.92 Å². The van der Waals surface area contributed by atoms with Crippen molar-refractivity contribution in [3.8, 4) is 0 Å². The van der Waals surface area contributed by atoms with Gasteiger partial charge in [0.05, 0.1) is 0 Å². The van der Waals surface area contributed by atoms with Gasteiger partial charge >= 0.3 is 0 Å². The number of hydrogen-bond donors (Lipinski definition) is 1. The van der Waals surface area contributed by atoms with Gasteiger partial charge in [0.15, 0.2) is 0 Å². The maximum atomic E-state index is 5.99. The second-order valence-electron chi connectivity index (χ2n) is 5.35. The van der Waals surface area contributed by atoms with Crippen LogP contribution in [0.2, 0.25) is 5.15 Å². The van der Waals surface area contributed by atoms with Crippen LogP contribution in [0, 0.1) is 5.92 Å². The average molecular weight is 267 g/mol. The lowest BCUT2D eigenvalue weighted by Gasteiger charge is -2.44. The van der Waals surface area contributed by atoms with E-state index in [4.69, 9.17) is 17.3 Å². The summed E-state index contributed by atoms with van der Waals surface area (Å²) in [5.41, 5.74) is 5.70. The first kappa shape index (κ1) is 12.0. The average Bonchev–Trinajstić information content (AvgIpc) is 2.37. The van der Waals surface area contributed by atoms with Gasteiger partial charge in [-0.2, -0.15) is 4.98 Å². The van der Waals surface area contributed by atoms with E-state index in [0.717, 1.165) is 18.3 Å². The first-order chi connectivity index (χ1) is 8.74. The first-order valence-corrected chi connectivity index (χ1v) is 7.18. The lowest BCUT2D eigenvalue weighted by molar-refractivity contribution is 0.243. The molecule has 2 N–H and O–H groups in total. The molecule has 5 heteroatoms. The molecule has 1 aromatic heterocycles. The monoisotopic (exact) mass is 266 g/mol. The van der Waals surface area contributed by atoms with Crippen LogP contribution in [0.1, 0.15) is 38.5 Å². The summed E-state index contributed by atoms with van der Waals surface area (Å²) in [6, 6.07) is 2.47. The van der Waals surface area contributed by atoms with Crippen LogP contribution < -0.4 is 10.6 Å². The Bertz CT molecular complexity index is 415. The summed E-state index contributed by atoms with van der Waals surface area (Å²) >= 11 is 5.99. The van der Waals surface area contributed by atoms with E-state index in [1.54, 1.807) is 0 Å². The highest BCUT2D eigenvalue weighted by Gasteiger charge is 2.34. The Kier molecular flexibility index (Phi) is 3.29. The molecule has 2 unspecified atom stereocenters. The molecule has 2 atom stereocenters. The van der Waals surface area contributed by atoms with Gasteiger partial charge in [0.1, 0.15) is 11.0 Å². The van der Waals surface area contributed by atoms with Crippen molar-refractivity contribution < 1.29 is 0 Å². The highest BCUT2D eigenvalue weighted by Crippen LogP contribution is 2.37. The van der Waals surface area contributed by atoms with Crippen LogP contribution in [0.25, 0.3) is 0 Å². The zero-order valence-corrected chi connectivity index (χ0v) is 11.2. The third-order valence-electron chi connectivity index (χ3n) is 4.24. The van der Waals surface area contributed by atoms with Gasteiger partial charge in [-0.3, -0.25) is 0 Å².